The summed E-state index contributed by atoms with van der Waals surface area (Å²) in [6.07, 6.45) is 9.50. The van der Waals surface area contributed by atoms with Crippen molar-refractivity contribution in [3.63, 3.8) is 0 Å². The molecule has 1 aliphatic carbocycles. The third-order valence-electron chi connectivity index (χ3n) is 4.32. The molecule has 2 rings (SSSR count). The van der Waals surface area contributed by atoms with Gasteiger partial charge >= 0.3 is 0 Å². The van der Waals surface area contributed by atoms with Gasteiger partial charge in [0.05, 0.1) is 5.02 Å². The van der Waals surface area contributed by atoms with Crippen molar-refractivity contribution in [3.8, 4) is 0 Å². The van der Waals surface area contributed by atoms with Gasteiger partial charge in [0.1, 0.15) is 0 Å². The van der Waals surface area contributed by atoms with Crippen LogP contribution in [-0.2, 0) is 6.42 Å². The molecule has 3 heteroatoms. The topological polar surface area (TPSA) is 12.0 Å². The molecule has 1 saturated carbocycles. The highest BCUT2D eigenvalue weighted by atomic mass is 35.5. The zero-order valence-electron chi connectivity index (χ0n) is 11.3. The minimum absolute atomic E-state index is 0.593. The number of aryl methyl sites for hydroxylation is 1. The number of hydrogen-bond donors (Lipinski definition) is 1. The Morgan fingerprint density at radius 1 is 1.33 bits per heavy atom. The Balaban J connectivity index is 1.88. The molecule has 0 spiro atoms. The molecule has 1 fully saturated rings. The molecule has 0 saturated heterocycles. The van der Waals surface area contributed by atoms with E-state index in [-0.39, 0.29) is 0 Å². The first-order chi connectivity index (χ1) is 8.76. The van der Waals surface area contributed by atoms with E-state index in [0.29, 0.717) is 5.41 Å². The van der Waals surface area contributed by atoms with Gasteiger partial charge in [0.15, 0.2) is 0 Å². The van der Waals surface area contributed by atoms with Crippen LogP contribution < -0.4 is 5.32 Å². The maximum atomic E-state index is 6.20. The molecule has 1 heterocycles. The molecule has 18 heavy (non-hydrogen) atoms. The zero-order chi connectivity index (χ0) is 12.8. The molecule has 0 aromatic carbocycles. The van der Waals surface area contributed by atoms with Gasteiger partial charge in [0.2, 0.25) is 0 Å². The van der Waals surface area contributed by atoms with Gasteiger partial charge in [-0.25, -0.2) is 0 Å². The first kappa shape index (κ1) is 14.4. The van der Waals surface area contributed by atoms with Crippen LogP contribution in [0.25, 0.3) is 0 Å². The molecule has 0 unspecified atom stereocenters. The molecule has 1 aromatic rings. The number of halogens is 1. The largest absolute Gasteiger partial charge is 0.317 e. The van der Waals surface area contributed by atoms with Crippen molar-refractivity contribution in [2.45, 2.75) is 51.9 Å². The van der Waals surface area contributed by atoms with Crippen molar-refractivity contribution in [2.24, 2.45) is 5.41 Å². The minimum Gasteiger partial charge on any atom is -0.317 e. The summed E-state index contributed by atoms with van der Waals surface area (Å²) >= 11 is 8.01. The van der Waals surface area contributed by atoms with Crippen molar-refractivity contribution in [1.82, 2.24) is 5.32 Å². The van der Waals surface area contributed by atoms with Crippen molar-refractivity contribution in [2.75, 3.05) is 13.1 Å². The van der Waals surface area contributed by atoms with Crippen LogP contribution in [0.2, 0.25) is 5.02 Å². The van der Waals surface area contributed by atoms with Gasteiger partial charge in [0.25, 0.3) is 0 Å². The van der Waals surface area contributed by atoms with Gasteiger partial charge in [0, 0.05) is 4.88 Å². The normalized spacial score (nSPS) is 18.3. The van der Waals surface area contributed by atoms with Crippen LogP contribution in [0.4, 0.5) is 0 Å². The summed E-state index contributed by atoms with van der Waals surface area (Å²) in [5.74, 6) is 0. The molecule has 0 aliphatic heterocycles. The second-order valence-electron chi connectivity index (χ2n) is 5.50. The molecule has 1 nitrogen and oxygen atoms in total. The monoisotopic (exact) mass is 285 g/mol. The van der Waals surface area contributed by atoms with Crippen molar-refractivity contribution < 1.29 is 0 Å². The molecule has 1 N–H and O–H groups in total. The third-order valence-corrected chi connectivity index (χ3v) is 5.77. The van der Waals surface area contributed by atoms with Crippen LogP contribution in [0.3, 0.4) is 0 Å². The van der Waals surface area contributed by atoms with Crippen LogP contribution in [0.15, 0.2) is 11.4 Å². The van der Waals surface area contributed by atoms with E-state index in [1.807, 2.05) is 17.4 Å². The lowest BCUT2D eigenvalue weighted by molar-refractivity contribution is 0.246. The second kappa shape index (κ2) is 6.93. The number of rotatable bonds is 7. The SMILES string of the molecule is CCNCCC1(CCc2sccc2Cl)CCCC1. The van der Waals surface area contributed by atoms with Gasteiger partial charge in [-0.15, -0.1) is 11.3 Å². The minimum atomic E-state index is 0.593. The Hall–Kier alpha value is -0.0500. The number of thiophene rings is 1. The van der Waals surface area contributed by atoms with Crippen LogP contribution >= 0.6 is 22.9 Å². The Labute approximate surface area is 120 Å². The molecular formula is C15H24ClNS. The van der Waals surface area contributed by atoms with E-state index in [0.717, 1.165) is 11.6 Å². The summed E-state index contributed by atoms with van der Waals surface area (Å²) < 4.78 is 0. The highest BCUT2D eigenvalue weighted by molar-refractivity contribution is 7.10. The Bertz CT molecular complexity index is 355. The fraction of sp³-hybridized carbons (Fsp3) is 0.733. The summed E-state index contributed by atoms with van der Waals surface area (Å²) in [7, 11) is 0. The molecule has 1 aliphatic rings. The third kappa shape index (κ3) is 3.72. The molecular weight excluding hydrogens is 262 g/mol. The van der Waals surface area contributed by atoms with Crippen LogP contribution in [0.1, 0.15) is 50.3 Å². The van der Waals surface area contributed by atoms with Gasteiger partial charge < -0.3 is 5.32 Å². The lowest BCUT2D eigenvalue weighted by atomic mass is 9.78. The summed E-state index contributed by atoms with van der Waals surface area (Å²) in [6, 6.07) is 2.03. The van der Waals surface area contributed by atoms with E-state index in [2.05, 4.69) is 17.6 Å². The Morgan fingerprint density at radius 2 is 2.11 bits per heavy atom. The van der Waals surface area contributed by atoms with Crippen molar-refractivity contribution >= 4 is 22.9 Å². The molecule has 102 valence electrons. The van der Waals surface area contributed by atoms with Gasteiger partial charge in [-0.1, -0.05) is 31.4 Å². The molecule has 1 aromatic heterocycles. The number of hydrogen-bond acceptors (Lipinski definition) is 2. The fourth-order valence-corrected chi connectivity index (χ4v) is 4.30. The zero-order valence-corrected chi connectivity index (χ0v) is 12.9. The van der Waals surface area contributed by atoms with E-state index < -0.39 is 0 Å². The molecule has 0 radical (unpaired) electrons. The van der Waals surface area contributed by atoms with E-state index in [1.165, 1.54) is 56.4 Å². The highest BCUT2D eigenvalue weighted by Crippen LogP contribution is 2.45. The maximum Gasteiger partial charge on any atom is 0.0544 e. The van der Waals surface area contributed by atoms with Crippen LogP contribution in [0, 0.1) is 5.41 Å². The lowest BCUT2D eigenvalue weighted by Crippen LogP contribution is -2.25. The van der Waals surface area contributed by atoms with E-state index in [9.17, 15) is 0 Å². The molecule has 0 bridgehead atoms. The van der Waals surface area contributed by atoms with E-state index >= 15 is 0 Å². The van der Waals surface area contributed by atoms with E-state index in [4.69, 9.17) is 11.6 Å². The number of nitrogens with one attached hydrogen (secondary N) is 1. The Kier molecular flexibility index (Phi) is 5.53. The van der Waals surface area contributed by atoms with Gasteiger partial charge in [-0.05, 0) is 62.1 Å². The summed E-state index contributed by atoms with van der Waals surface area (Å²) in [5, 5.41) is 6.56. The van der Waals surface area contributed by atoms with Crippen LogP contribution in [-0.4, -0.2) is 13.1 Å². The van der Waals surface area contributed by atoms with Crippen molar-refractivity contribution in [3.05, 3.63) is 21.3 Å². The predicted octanol–water partition coefficient (Wildman–Crippen LogP) is 4.89. The van der Waals surface area contributed by atoms with Gasteiger partial charge in [-0.3, -0.25) is 0 Å². The summed E-state index contributed by atoms with van der Waals surface area (Å²) in [4.78, 5) is 1.38. The summed E-state index contributed by atoms with van der Waals surface area (Å²) in [6.45, 7) is 4.45. The molecule has 0 amide bonds. The fourth-order valence-electron chi connectivity index (χ4n) is 3.16. The first-order valence-corrected chi connectivity index (χ1v) is 8.44. The van der Waals surface area contributed by atoms with E-state index in [1.54, 1.807) is 0 Å². The highest BCUT2D eigenvalue weighted by Gasteiger charge is 2.32. The molecule has 0 atom stereocenters. The average molecular weight is 286 g/mol. The summed E-state index contributed by atoms with van der Waals surface area (Å²) in [5.41, 5.74) is 0.593. The van der Waals surface area contributed by atoms with Crippen molar-refractivity contribution in [1.29, 1.82) is 0 Å². The maximum absolute atomic E-state index is 6.20. The standard InChI is InChI=1S/C15H24ClNS/c1-2-17-11-10-15(7-3-4-8-15)9-5-14-13(16)6-12-18-14/h6,12,17H,2-5,7-11H2,1H3. The smallest absolute Gasteiger partial charge is 0.0544 e. The lowest BCUT2D eigenvalue weighted by Gasteiger charge is -2.29. The second-order valence-corrected chi connectivity index (χ2v) is 6.91. The average Bonchev–Trinajstić information content (AvgIpc) is 2.97. The predicted molar refractivity (Wildman–Crippen MR) is 81.7 cm³/mol. The van der Waals surface area contributed by atoms with Gasteiger partial charge in [-0.2, -0.15) is 0 Å². The first-order valence-electron chi connectivity index (χ1n) is 7.18. The quantitative estimate of drug-likeness (QED) is 0.703. The van der Waals surface area contributed by atoms with Crippen LogP contribution in [0.5, 0.6) is 0 Å². The Morgan fingerprint density at radius 3 is 2.72 bits per heavy atom.